The average molecular weight is 412 g/mol. The lowest BCUT2D eigenvalue weighted by atomic mass is 10.1. The van der Waals surface area contributed by atoms with Crippen molar-refractivity contribution in [3.63, 3.8) is 0 Å². The minimum Gasteiger partial charge on any atom is -0.461 e. The molecule has 0 aliphatic carbocycles. The zero-order valence-electron chi connectivity index (χ0n) is 16.3. The van der Waals surface area contributed by atoms with Crippen LogP contribution in [0.15, 0.2) is 40.2 Å². The van der Waals surface area contributed by atoms with Crippen molar-refractivity contribution < 1.29 is 9.53 Å². The number of ether oxygens (including phenoxy) is 1. The van der Waals surface area contributed by atoms with Crippen molar-refractivity contribution >= 4 is 38.6 Å². The van der Waals surface area contributed by atoms with Crippen LogP contribution in [0.3, 0.4) is 0 Å². The van der Waals surface area contributed by atoms with Crippen LogP contribution in [0, 0.1) is 6.92 Å². The second-order valence-electron chi connectivity index (χ2n) is 6.87. The standard InChI is InChI=1S/C20H20N4O4S/c1-12-13-7-4-5-8-14(13)29-16(12)19(26)28-10-6-9-24-18(25)15-17(21-11-22(15)2)23(3)20(24)27/h4-5,7-8,11H,6,9-10H2,1-3H3. The van der Waals surface area contributed by atoms with Gasteiger partial charge >= 0.3 is 11.7 Å². The first-order valence-corrected chi connectivity index (χ1v) is 9.98. The molecule has 0 amide bonds. The molecule has 4 rings (SSSR count). The molecule has 4 aromatic rings. The third-order valence-corrected chi connectivity index (χ3v) is 6.24. The molecule has 0 spiro atoms. The summed E-state index contributed by atoms with van der Waals surface area (Å²) in [4.78, 5) is 42.3. The maximum absolute atomic E-state index is 12.7. The van der Waals surface area contributed by atoms with Crippen LogP contribution in [0.1, 0.15) is 21.7 Å². The number of esters is 1. The van der Waals surface area contributed by atoms with Crippen LogP contribution < -0.4 is 11.2 Å². The maximum Gasteiger partial charge on any atom is 0.348 e. The molecule has 29 heavy (non-hydrogen) atoms. The highest BCUT2D eigenvalue weighted by Crippen LogP contribution is 2.30. The summed E-state index contributed by atoms with van der Waals surface area (Å²) >= 11 is 1.40. The first-order chi connectivity index (χ1) is 13.9. The number of hydrogen-bond acceptors (Lipinski definition) is 6. The number of hydrogen-bond donors (Lipinski definition) is 0. The van der Waals surface area contributed by atoms with Crippen LogP contribution >= 0.6 is 11.3 Å². The number of aryl methyl sites for hydroxylation is 3. The van der Waals surface area contributed by atoms with Gasteiger partial charge in [0.1, 0.15) is 4.88 Å². The van der Waals surface area contributed by atoms with Gasteiger partial charge in [-0.05, 0) is 30.4 Å². The van der Waals surface area contributed by atoms with Gasteiger partial charge in [-0.1, -0.05) is 18.2 Å². The molecule has 0 N–H and O–H groups in total. The molecular formula is C20H20N4O4S. The van der Waals surface area contributed by atoms with E-state index in [1.165, 1.54) is 22.2 Å². The van der Waals surface area contributed by atoms with E-state index in [4.69, 9.17) is 4.74 Å². The lowest BCUT2D eigenvalue weighted by Crippen LogP contribution is -2.39. The molecule has 0 aliphatic rings. The maximum atomic E-state index is 12.7. The molecule has 0 saturated carbocycles. The van der Waals surface area contributed by atoms with Crippen molar-refractivity contribution in [3.05, 3.63) is 61.9 Å². The van der Waals surface area contributed by atoms with Crippen molar-refractivity contribution in [2.75, 3.05) is 6.61 Å². The summed E-state index contributed by atoms with van der Waals surface area (Å²) in [6.45, 7) is 2.18. The van der Waals surface area contributed by atoms with Crippen LogP contribution in [0.25, 0.3) is 21.3 Å². The van der Waals surface area contributed by atoms with Gasteiger partial charge < -0.3 is 9.30 Å². The minimum atomic E-state index is -0.437. The third-order valence-electron chi connectivity index (χ3n) is 4.99. The van der Waals surface area contributed by atoms with Crippen molar-refractivity contribution in [1.82, 2.24) is 18.7 Å². The number of imidazole rings is 1. The molecule has 8 nitrogen and oxygen atoms in total. The van der Waals surface area contributed by atoms with Gasteiger partial charge in [-0.15, -0.1) is 11.3 Å². The van der Waals surface area contributed by atoms with Gasteiger partial charge in [0.2, 0.25) is 0 Å². The van der Waals surface area contributed by atoms with Gasteiger partial charge in [-0.3, -0.25) is 13.9 Å². The zero-order valence-corrected chi connectivity index (χ0v) is 17.2. The Balaban J connectivity index is 1.48. The number of carbonyl (C=O) groups excluding carboxylic acids is 1. The number of carbonyl (C=O) groups is 1. The molecule has 0 unspecified atom stereocenters. The number of thiophene rings is 1. The summed E-state index contributed by atoms with van der Waals surface area (Å²) in [5.74, 6) is -0.383. The second-order valence-corrected chi connectivity index (χ2v) is 7.92. The van der Waals surface area contributed by atoms with E-state index < -0.39 is 11.2 Å². The number of nitrogens with zero attached hydrogens (tertiary/aromatic N) is 4. The van der Waals surface area contributed by atoms with Crippen molar-refractivity contribution in [3.8, 4) is 0 Å². The van der Waals surface area contributed by atoms with E-state index in [2.05, 4.69) is 4.98 Å². The van der Waals surface area contributed by atoms with E-state index in [1.54, 1.807) is 18.7 Å². The highest BCUT2D eigenvalue weighted by Gasteiger charge is 2.17. The lowest BCUT2D eigenvalue weighted by molar-refractivity contribution is 0.0500. The summed E-state index contributed by atoms with van der Waals surface area (Å²) in [5.41, 5.74) is 0.792. The first kappa shape index (κ1) is 19.1. The summed E-state index contributed by atoms with van der Waals surface area (Å²) in [7, 11) is 3.29. The highest BCUT2D eigenvalue weighted by molar-refractivity contribution is 7.21. The average Bonchev–Trinajstić information content (AvgIpc) is 3.26. The Hall–Kier alpha value is -3.20. The molecule has 3 heterocycles. The van der Waals surface area contributed by atoms with E-state index in [-0.39, 0.29) is 19.1 Å². The van der Waals surface area contributed by atoms with Gasteiger partial charge in [0.25, 0.3) is 5.56 Å². The van der Waals surface area contributed by atoms with E-state index in [0.717, 1.165) is 20.2 Å². The summed E-state index contributed by atoms with van der Waals surface area (Å²) in [5, 5.41) is 1.05. The molecule has 0 radical (unpaired) electrons. The Labute approximate surface area is 169 Å². The minimum absolute atomic E-state index is 0.117. The smallest absolute Gasteiger partial charge is 0.348 e. The monoisotopic (exact) mass is 412 g/mol. The topological polar surface area (TPSA) is 88.1 Å². The third kappa shape index (κ3) is 3.17. The Morgan fingerprint density at radius 2 is 1.97 bits per heavy atom. The van der Waals surface area contributed by atoms with Crippen LogP contribution in [0.4, 0.5) is 0 Å². The highest BCUT2D eigenvalue weighted by atomic mass is 32.1. The molecule has 0 aliphatic heterocycles. The Morgan fingerprint density at radius 3 is 2.72 bits per heavy atom. The predicted molar refractivity (Wildman–Crippen MR) is 112 cm³/mol. The van der Waals surface area contributed by atoms with Crippen LogP contribution in [0.2, 0.25) is 0 Å². The molecule has 0 saturated heterocycles. The Kier molecular flexibility index (Phi) is 4.83. The molecule has 0 bridgehead atoms. The largest absolute Gasteiger partial charge is 0.461 e. The first-order valence-electron chi connectivity index (χ1n) is 9.16. The normalized spacial score (nSPS) is 11.4. The van der Waals surface area contributed by atoms with Crippen LogP contribution in [-0.4, -0.2) is 31.3 Å². The second kappa shape index (κ2) is 7.32. The van der Waals surface area contributed by atoms with E-state index in [9.17, 15) is 14.4 Å². The molecular weight excluding hydrogens is 392 g/mol. The SMILES string of the molecule is Cc1c(C(=O)OCCCn2c(=O)c3c(ncn3C)n(C)c2=O)sc2ccccc12. The van der Waals surface area contributed by atoms with Crippen LogP contribution in [-0.2, 0) is 25.4 Å². The van der Waals surface area contributed by atoms with Gasteiger partial charge in [0.05, 0.1) is 12.9 Å². The Bertz CT molecular complexity index is 1360. The zero-order chi connectivity index (χ0) is 20.7. The summed E-state index contributed by atoms with van der Waals surface area (Å²) in [6.07, 6.45) is 1.86. The fraction of sp³-hybridized carbons (Fsp3) is 0.300. The quantitative estimate of drug-likeness (QED) is 0.370. The van der Waals surface area contributed by atoms with E-state index in [0.29, 0.717) is 22.5 Å². The van der Waals surface area contributed by atoms with Gasteiger partial charge in [-0.2, -0.15) is 0 Å². The molecule has 150 valence electrons. The molecule has 3 aromatic heterocycles. The van der Waals surface area contributed by atoms with Crippen molar-refractivity contribution in [1.29, 1.82) is 0 Å². The number of benzene rings is 1. The van der Waals surface area contributed by atoms with Crippen LogP contribution in [0.5, 0.6) is 0 Å². The van der Waals surface area contributed by atoms with Gasteiger partial charge in [0.15, 0.2) is 11.2 Å². The van der Waals surface area contributed by atoms with Crippen molar-refractivity contribution in [2.24, 2.45) is 14.1 Å². The predicted octanol–water partition coefficient (Wildman–Crippen LogP) is 2.20. The molecule has 0 fully saturated rings. The summed E-state index contributed by atoms with van der Waals surface area (Å²) < 4.78 is 10.5. The molecule has 0 atom stereocenters. The van der Waals surface area contributed by atoms with E-state index in [1.807, 2.05) is 31.2 Å². The van der Waals surface area contributed by atoms with Crippen molar-refractivity contribution in [2.45, 2.75) is 19.9 Å². The lowest BCUT2D eigenvalue weighted by Gasteiger charge is -2.09. The number of fused-ring (bicyclic) bond motifs is 2. The van der Waals surface area contributed by atoms with Gasteiger partial charge in [-0.25, -0.2) is 14.6 Å². The van der Waals surface area contributed by atoms with Gasteiger partial charge in [0, 0.05) is 25.3 Å². The molecule has 9 heteroatoms. The summed E-state index contributed by atoms with van der Waals surface area (Å²) in [6, 6.07) is 7.83. The Morgan fingerprint density at radius 1 is 1.21 bits per heavy atom. The fourth-order valence-electron chi connectivity index (χ4n) is 3.42. The number of aromatic nitrogens is 4. The number of rotatable bonds is 5. The van der Waals surface area contributed by atoms with E-state index >= 15 is 0 Å². The molecule has 1 aromatic carbocycles. The fourth-order valence-corrected chi connectivity index (χ4v) is 4.52.